The van der Waals surface area contributed by atoms with Crippen LogP contribution in [-0.4, -0.2) is 44.3 Å². The van der Waals surface area contributed by atoms with Crippen LogP contribution < -0.4 is 16.0 Å². The zero-order valence-electron chi connectivity index (χ0n) is 17.7. The largest absolute Gasteiger partial charge is 0.449 e. The van der Waals surface area contributed by atoms with Crippen molar-refractivity contribution in [3.05, 3.63) is 59.9 Å². The van der Waals surface area contributed by atoms with Crippen LogP contribution in [-0.2, 0) is 4.74 Å². The number of carbonyl (C=O) groups excluding carboxylic acids is 2. The normalized spacial score (nSPS) is 11.8. The van der Waals surface area contributed by atoms with Crippen molar-refractivity contribution in [2.45, 2.75) is 19.9 Å². The zero-order valence-corrected chi connectivity index (χ0v) is 17.7. The minimum atomic E-state index is -0.547. The second-order valence-electron chi connectivity index (χ2n) is 7.57. The van der Waals surface area contributed by atoms with Gasteiger partial charge in [-0.15, -0.1) is 0 Å². The van der Waals surface area contributed by atoms with Gasteiger partial charge in [0.15, 0.2) is 0 Å². The molecule has 1 atom stereocenters. The highest BCUT2D eigenvalue weighted by Crippen LogP contribution is 2.19. The summed E-state index contributed by atoms with van der Waals surface area (Å²) in [4.78, 5) is 26.0. The van der Waals surface area contributed by atoms with Crippen molar-refractivity contribution in [1.29, 1.82) is 0 Å². The van der Waals surface area contributed by atoms with Crippen LogP contribution in [0.3, 0.4) is 0 Å². The Bertz CT molecular complexity index is 858. The topological polar surface area (TPSA) is 82.7 Å². The van der Waals surface area contributed by atoms with Crippen LogP contribution in [0.25, 0.3) is 0 Å². The number of anilines is 2. The fourth-order valence-electron chi connectivity index (χ4n) is 2.75. The van der Waals surface area contributed by atoms with E-state index < -0.39 is 12.1 Å². The molecule has 8 heteroatoms. The summed E-state index contributed by atoms with van der Waals surface area (Å²) in [6.07, 6.45) is -0.547. The lowest BCUT2D eigenvalue weighted by Gasteiger charge is -2.25. The van der Waals surface area contributed by atoms with Gasteiger partial charge in [0.05, 0.1) is 12.6 Å². The minimum absolute atomic E-state index is 0.185. The van der Waals surface area contributed by atoms with Crippen LogP contribution in [0.15, 0.2) is 48.5 Å². The second kappa shape index (κ2) is 11.2. The van der Waals surface area contributed by atoms with Gasteiger partial charge < -0.3 is 20.3 Å². The second-order valence-corrected chi connectivity index (χ2v) is 7.57. The third-order valence-corrected chi connectivity index (χ3v) is 4.23. The molecule has 0 saturated carbocycles. The van der Waals surface area contributed by atoms with E-state index in [1.165, 1.54) is 12.1 Å². The molecule has 0 aromatic heterocycles. The molecule has 3 amide bonds. The fourth-order valence-corrected chi connectivity index (χ4v) is 2.75. The molecule has 2 aromatic rings. The van der Waals surface area contributed by atoms with Crippen LogP contribution in [0, 0.1) is 11.7 Å². The molecular weight excluding hydrogens is 387 g/mol. The summed E-state index contributed by atoms with van der Waals surface area (Å²) in [5.74, 6) is -0.0779. The molecule has 0 fully saturated rings. The Morgan fingerprint density at radius 2 is 1.70 bits per heavy atom. The maximum absolute atomic E-state index is 13.5. The summed E-state index contributed by atoms with van der Waals surface area (Å²) < 4.78 is 18.6. The molecule has 3 N–H and O–H groups in total. The van der Waals surface area contributed by atoms with E-state index in [4.69, 9.17) is 4.74 Å². The number of ether oxygens (including phenoxy) is 1. The number of nitrogens with zero attached hydrogens (tertiary/aromatic N) is 1. The predicted molar refractivity (Wildman–Crippen MR) is 116 cm³/mol. The number of benzene rings is 2. The molecule has 7 nitrogen and oxygen atoms in total. The van der Waals surface area contributed by atoms with E-state index >= 15 is 0 Å². The highest BCUT2D eigenvalue weighted by Gasteiger charge is 2.16. The van der Waals surface area contributed by atoms with Gasteiger partial charge in [-0.1, -0.05) is 32.0 Å². The molecule has 0 spiro atoms. The Balaban J connectivity index is 1.91. The number of likely N-dealkylation sites (N-methyl/N-ethyl adjacent to an activating group) is 1. The monoisotopic (exact) mass is 416 g/mol. The molecule has 1 unspecified atom stereocenters. The van der Waals surface area contributed by atoms with E-state index in [0.29, 0.717) is 24.5 Å². The summed E-state index contributed by atoms with van der Waals surface area (Å²) in [5.41, 5.74) is 1.79. The third kappa shape index (κ3) is 7.71. The van der Waals surface area contributed by atoms with Crippen molar-refractivity contribution >= 4 is 23.5 Å². The van der Waals surface area contributed by atoms with E-state index in [-0.39, 0.29) is 17.8 Å². The lowest BCUT2D eigenvalue weighted by molar-refractivity contribution is 0.147. The Labute approximate surface area is 176 Å². The van der Waals surface area contributed by atoms with E-state index in [0.717, 1.165) is 5.56 Å². The third-order valence-electron chi connectivity index (χ3n) is 4.23. The minimum Gasteiger partial charge on any atom is -0.449 e. The van der Waals surface area contributed by atoms with E-state index in [2.05, 4.69) is 16.0 Å². The average molecular weight is 416 g/mol. The van der Waals surface area contributed by atoms with E-state index in [9.17, 15) is 14.0 Å². The lowest BCUT2D eigenvalue weighted by Crippen LogP contribution is -2.36. The van der Waals surface area contributed by atoms with Crippen molar-refractivity contribution in [3.8, 4) is 0 Å². The maximum atomic E-state index is 13.5. The highest BCUT2D eigenvalue weighted by atomic mass is 19.1. The van der Waals surface area contributed by atoms with Gasteiger partial charge in [-0.3, -0.25) is 5.32 Å². The van der Waals surface area contributed by atoms with Crippen LogP contribution in [0.5, 0.6) is 0 Å². The summed E-state index contributed by atoms with van der Waals surface area (Å²) in [5, 5.41) is 8.15. The number of rotatable bonds is 8. The molecule has 162 valence electrons. The number of carbonyl (C=O) groups is 2. The van der Waals surface area contributed by atoms with Crippen molar-refractivity contribution in [3.63, 3.8) is 0 Å². The summed E-state index contributed by atoms with van der Waals surface area (Å²) in [6.45, 7) is 4.52. The summed E-state index contributed by atoms with van der Waals surface area (Å²) >= 11 is 0. The molecule has 0 aliphatic rings. The van der Waals surface area contributed by atoms with Crippen LogP contribution >= 0.6 is 0 Å². The SMILES string of the molecule is CC(C)COC(=O)Nc1cccc(NC(=O)NCC(c2cccc(F)c2)N(C)C)c1. The summed E-state index contributed by atoms with van der Waals surface area (Å²) in [6, 6.07) is 12.5. The fraction of sp³-hybridized carbons (Fsp3) is 0.364. The number of nitrogens with one attached hydrogen (secondary N) is 3. The Kier molecular flexibility index (Phi) is 8.61. The molecule has 2 aromatic carbocycles. The molecule has 0 saturated heterocycles. The molecule has 0 aliphatic heterocycles. The number of amides is 3. The van der Waals surface area contributed by atoms with Crippen molar-refractivity contribution in [2.24, 2.45) is 5.92 Å². The molecule has 0 bridgehead atoms. The molecule has 0 aliphatic carbocycles. The first-order valence-electron chi connectivity index (χ1n) is 9.75. The van der Waals surface area contributed by atoms with Crippen LogP contribution in [0.1, 0.15) is 25.5 Å². The molecule has 0 heterocycles. The van der Waals surface area contributed by atoms with Crippen molar-refractivity contribution in [2.75, 3.05) is 37.9 Å². The standard InChI is InChI=1S/C22H29FN4O3/c1-15(2)14-30-22(29)26-19-10-6-9-18(12-19)25-21(28)24-13-20(27(3)4)16-7-5-8-17(23)11-16/h5-12,15,20H,13-14H2,1-4H3,(H,26,29)(H2,24,25,28). The van der Waals surface area contributed by atoms with Crippen LogP contribution in [0.4, 0.5) is 25.4 Å². The molecular formula is C22H29FN4O3. The lowest BCUT2D eigenvalue weighted by atomic mass is 10.1. The number of hydrogen-bond acceptors (Lipinski definition) is 4. The quantitative estimate of drug-likeness (QED) is 0.594. The molecule has 30 heavy (non-hydrogen) atoms. The Morgan fingerprint density at radius 3 is 2.33 bits per heavy atom. The first-order chi connectivity index (χ1) is 14.2. The first kappa shape index (κ1) is 23.2. The van der Waals surface area contributed by atoms with Gasteiger partial charge in [0.25, 0.3) is 0 Å². The van der Waals surface area contributed by atoms with Gasteiger partial charge in [0.2, 0.25) is 0 Å². The van der Waals surface area contributed by atoms with Crippen molar-refractivity contribution in [1.82, 2.24) is 10.2 Å². The van der Waals surface area contributed by atoms with Crippen LogP contribution in [0.2, 0.25) is 0 Å². The molecule has 2 rings (SSSR count). The van der Waals surface area contributed by atoms with Crippen molar-refractivity contribution < 1.29 is 18.7 Å². The first-order valence-corrected chi connectivity index (χ1v) is 9.75. The smallest absolute Gasteiger partial charge is 0.411 e. The zero-order chi connectivity index (χ0) is 22.1. The number of halogens is 1. The maximum Gasteiger partial charge on any atom is 0.411 e. The number of hydrogen-bond donors (Lipinski definition) is 3. The molecule has 0 radical (unpaired) electrons. The number of urea groups is 1. The average Bonchev–Trinajstić information content (AvgIpc) is 2.66. The Hall–Kier alpha value is -3.13. The van der Waals surface area contributed by atoms with Gasteiger partial charge in [0, 0.05) is 17.9 Å². The highest BCUT2D eigenvalue weighted by molar-refractivity contribution is 5.91. The predicted octanol–water partition coefficient (Wildman–Crippen LogP) is 4.45. The summed E-state index contributed by atoms with van der Waals surface area (Å²) in [7, 11) is 3.73. The van der Waals surface area contributed by atoms with Gasteiger partial charge in [-0.05, 0) is 55.9 Å². The van der Waals surface area contributed by atoms with E-state index in [1.807, 2.05) is 38.9 Å². The van der Waals surface area contributed by atoms with Gasteiger partial charge in [-0.2, -0.15) is 0 Å². The van der Waals surface area contributed by atoms with Gasteiger partial charge in [0.1, 0.15) is 5.82 Å². The van der Waals surface area contributed by atoms with Gasteiger partial charge >= 0.3 is 12.1 Å². The van der Waals surface area contributed by atoms with Gasteiger partial charge in [-0.25, -0.2) is 14.0 Å². The van der Waals surface area contributed by atoms with E-state index in [1.54, 1.807) is 30.3 Å². The Morgan fingerprint density at radius 1 is 1.03 bits per heavy atom.